The number of hydrogen-bond donors (Lipinski definition) is 1. The zero-order valence-corrected chi connectivity index (χ0v) is 11.8. The van der Waals surface area contributed by atoms with Crippen LogP contribution >= 0.6 is 22.9 Å². The van der Waals surface area contributed by atoms with Crippen molar-refractivity contribution in [2.45, 2.75) is 13.0 Å². The molecule has 1 aliphatic heterocycles. The normalized spacial score (nSPS) is 16.7. The van der Waals surface area contributed by atoms with E-state index in [2.05, 4.69) is 22.2 Å². The minimum Gasteiger partial charge on any atom is -0.411 e. The highest BCUT2D eigenvalue weighted by Gasteiger charge is 2.21. The van der Waals surface area contributed by atoms with Gasteiger partial charge in [0.15, 0.2) is 0 Å². The first-order valence-electron chi connectivity index (χ1n) is 6.07. The van der Waals surface area contributed by atoms with Gasteiger partial charge in [-0.25, -0.2) is 0 Å². The van der Waals surface area contributed by atoms with Crippen molar-refractivity contribution in [3.8, 4) is 0 Å². The van der Waals surface area contributed by atoms with Crippen molar-refractivity contribution >= 4 is 34.3 Å². The highest BCUT2D eigenvalue weighted by molar-refractivity contribution is 7.16. The van der Waals surface area contributed by atoms with Gasteiger partial charge in [0.25, 0.3) is 0 Å². The molecular formula is C14H13ClN2OS. The van der Waals surface area contributed by atoms with E-state index in [1.54, 1.807) is 11.3 Å². The molecule has 0 aliphatic carbocycles. The lowest BCUT2D eigenvalue weighted by Gasteiger charge is -2.31. The van der Waals surface area contributed by atoms with Gasteiger partial charge < -0.3 is 10.1 Å². The topological polar surface area (TPSA) is 35.8 Å². The summed E-state index contributed by atoms with van der Waals surface area (Å²) >= 11 is 7.58. The van der Waals surface area contributed by atoms with Crippen LogP contribution in [0.25, 0.3) is 0 Å². The van der Waals surface area contributed by atoms with Crippen molar-refractivity contribution in [2.24, 2.45) is 5.16 Å². The Bertz CT molecular complexity index is 623. The molecule has 2 aromatic rings. The maximum absolute atomic E-state index is 9.07. The number of benzene rings is 1. The standard InChI is InChI=1S/C14H13ClN2OS/c15-14-6-5-10(19-14)9-17-8-7-12(16-18)11-3-1-2-4-13(11)17/h1-6,18H,7-9H2. The predicted molar refractivity (Wildman–Crippen MR) is 79.8 cm³/mol. The summed E-state index contributed by atoms with van der Waals surface area (Å²) in [5, 5.41) is 12.5. The third-order valence-corrected chi connectivity index (χ3v) is 4.49. The molecule has 2 heterocycles. The van der Waals surface area contributed by atoms with Crippen molar-refractivity contribution in [3.63, 3.8) is 0 Å². The summed E-state index contributed by atoms with van der Waals surface area (Å²) in [7, 11) is 0. The Morgan fingerprint density at radius 1 is 1.26 bits per heavy atom. The van der Waals surface area contributed by atoms with Crippen LogP contribution in [0.1, 0.15) is 16.9 Å². The fraction of sp³-hybridized carbons (Fsp3) is 0.214. The van der Waals surface area contributed by atoms with Crippen LogP contribution < -0.4 is 4.90 Å². The van der Waals surface area contributed by atoms with E-state index in [0.29, 0.717) is 0 Å². The minimum atomic E-state index is 0.757. The Kier molecular flexibility index (Phi) is 3.44. The first kappa shape index (κ1) is 12.5. The van der Waals surface area contributed by atoms with Crippen molar-refractivity contribution in [1.29, 1.82) is 0 Å². The molecule has 98 valence electrons. The van der Waals surface area contributed by atoms with Crippen LogP contribution in [-0.4, -0.2) is 17.5 Å². The van der Waals surface area contributed by atoms with Crippen LogP contribution in [0, 0.1) is 0 Å². The third-order valence-electron chi connectivity index (χ3n) is 3.27. The van der Waals surface area contributed by atoms with Gasteiger partial charge in [-0.3, -0.25) is 0 Å². The van der Waals surface area contributed by atoms with E-state index < -0.39 is 0 Å². The average molecular weight is 293 g/mol. The van der Waals surface area contributed by atoms with Crippen LogP contribution in [0.2, 0.25) is 4.34 Å². The zero-order valence-electron chi connectivity index (χ0n) is 10.2. The fourth-order valence-electron chi connectivity index (χ4n) is 2.38. The smallest absolute Gasteiger partial charge is 0.0931 e. The van der Waals surface area contributed by atoms with Crippen molar-refractivity contribution < 1.29 is 5.21 Å². The highest BCUT2D eigenvalue weighted by atomic mass is 35.5. The molecule has 3 nitrogen and oxygen atoms in total. The maximum Gasteiger partial charge on any atom is 0.0931 e. The van der Waals surface area contributed by atoms with Crippen LogP contribution in [0.4, 0.5) is 5.69 Å². The number of hydrogen-bond acceptors (Lipinski definition) is 4. The van der Waals surface area contributed by atoms with Gasteiger partial charge in [-0.05, 0) is 18.2 Å². The Morgan fingerprint density at radius 3 is 2.84 bits per heavy atom. The lowest BCUT2D eigenvalue weighted by Crippen LogP contribution is -2.31. The van der Waals surface area contributed by atoms with Gasteiger partial charge in [0, 0.05) is 29.1 Å². The lowest BCUT2D eigenvalue weighted by molar-refractivity contribution is 0.317. The monoisotopic (exact) mass is 292 g/mol. The van der Waals surface area contributed by atoms with Crippen LogP contribution in [-0.2, 0) is 6.54 Å². The van der Waals surface area contributed by atoms with Gasteiger partial charge in [0.05, 0.1) is 16.6 Å². The van der Waals surface area contributed by atoms with E-state index in [4.69, 9.17) is 16.8 Å². The number of oxime groups is 1. The maximum atomic E-state index is 9.07. The van der Waals surface area contributed by atoms with Crippen LogP contribution in [0.15, 0.2) is 41.6 Å². The molecule has 0 bridgehead atoms. The summed E-state index contributed by atoms with van der Waals surface area (Å²) in [4.78, 5) is 3.54. The van der Waals surface area contributed by atoms with E-state index in [1.807, 2.05) is 24.3 Å². The van der Waals surface area contributed by atoms with Crippen molar-refractivity contribution in [1.82, 2.24) is 0 Å². The highest BCUT2D eigenvalue weighted by Crippen LogP contribution is 2.30. The lowest BCUT2D eigenvalue weighted by atomic mass is 9.99. The summed E-state index contributed by atoms with van der Waals surface area (Å²) in [6.07, 6.45) is 0.757. The molecule has 0 fully saturated rings. The molecule has 0 saturated heterocycles. The van der Waals surface area contributed by atoms with E-state index in [9.17, 15) is 0 Å². The second kappa shape index (κ2) is 5.23. The largest absolute Gasteiger partial charge is 0.411 e. The van der Waals surface area contributed by atoms with Gasteiger partial charge in [-0.15, -0.1) is 11.3 Å². The molecule has 19 heavy (non-hydrogen) atoms. The van der Waals surface area contributed by atoms with Gasteiger partial charge in [-0.1, -0.05) is 35.0 Å². The minimum absolute atomic E-state index is 0.757. The molecule has 0 spiro atoms. The Labute approximate surface area is 120 Å². The molecule has 0 amide bonds. The molecular weight excluding hydrogens is 280 g/mol. The Balaban J connectivity index is 1.92. The zero-order chi connectivity index (χ0) is 13.2. The molecule has 0 saturated carbocycles. The van der Waals surface area contributed by atoms with Gasteiger partial charge in [0.2, 0.25) is 0 Å². The van der Waals surface area contributed by atoms with E-state index in [1.165, 1.54) is 4.88 Å². The molecule has 5 heteroatoms. The fourth-order valence-corrected chi connectivity index (χ4v) is 3.49. The van der Waals surface area contributed by atoms with E-state index in [-0.39, 0.29) is 0 Å². The van der Waals surface area contributed by atoms with Gasteiger partial charge in [0.1, 0.15) is 0 Å². The number of para-hydroxylation sites is 1. The third kappa shape index (κ3) is 2.46. The first-order valence-corrected chi connectivity index (χ1v) is 7.27. The molecule has 0 unspecified atom stereocenters. The Hall–Kier alpha value is -1.52. The number of thiophene rings is 1. The molecule has 1 aromatic carbocycles. The Morgan fingerprint density at radius 2 is 2.11 bits per heavy atom. The summed E-state index contributed by atoms with van der Waals surface area (Å²) in [6, 6.07) is 12.0. The van der Waals surface area contributed by atoms with Gasteiger partial charge >= 0.3 is 0 Å². The van der Waals surface area contributed by atoms with E-state index >= 15 is 0 Å². The SMILES string of the molecule is ON=C1CCN(Cc2ccc(Cl)s2)c2ccccc21. The summed E-state index contributed by atoms with van der Waals surface area (Å²) < 4.78 is 0.818. The van der Waals surface area contributed by atoms with Gasteiger partial charge in [-0.2, -0.15) is 0 Å². The number of rotatable bonds is 2. The molecule has 1 aliphatic rings. The number of nitrogens with zero attached hydrogens (tertiary/aromatic N) is 2. The molecule has 3 rings (SSSR count). The van der Waals surface area contributed by atoms with Crippen molar-refractivity contribution in [3.05, 3.63) is 51.2 Å². The predicted octanol–water partition coefficient (Wildman–Crippen LogP) is 3.99. The second-order valence-corrected chi connectivity index (χ2v) is 6.24. The first-order chi connectivity index (χ1) is 9.28. The van der Waals surface area contributed by atoms with Crippen LogP contribution in [0.5, 0.6) is 0 Å². The molecule has 1 N–H and O–H groups in total. The quantitative estimate of drug-likeness (QED) is 0.671. The average Bonchev–Trinajstić information content (AvgIpc) is 2.85. The summed E-state index contributed by atoms with van der Waals surface area (Å²) in [5.41, 5.74) is 2.89. The van der Waals surface area contributed by atoms with Crippen molar-refractivity contribution in [2.75, 3.05) is 11.4 Å². The summed E-state index contributed by atoms with van der Waals surface area (Å²) in [6.45, 7) is 1.69. The number of halogens is 1. The molecule has 1 aromatic heterocycles. The van der Waals surface area contributed by atoms with Crippen LogP contribution in [0.3, 0.4) is 0 Å². The molecule has 0 atom stereocenters. The van der Waals surface area contributed by atoms with E-state index in [0.717, 1.165) is 40.8 Å². The number of anilines is 1. The molecule has 0 radical (unpaired) electrons. The second-order valence-electron chi connectivity index (χ2n) is 4.44. The summed E-state index contributed by atoms with van der Waals surface area (Å²) in [5.74, 6) is 0. The number of fused-ring (bicyclic) bond motifs is 1.